The minimum atomic E-state index is -3.68. The van der Waals surface area contributed by atoms with Crippen LogP contribution in [0.2, 0.25) is 0 Å². The van der Waals surface area contributed by atoms with Crippen LogP contribution in [0.5, 0.6) is 0 Å². The van der Waals surface area contributed by atoms with Crippen LogP contribution in [-0.4, -0.2) is 51.5 Å². The Kier molecular flexibility index (Phi) is 7.33. The average molecular weight is 473 g/mol. The molecule has 1 N–H and O–H groups in total. The molecule has 0 radical (unpaired) electrons. The molecule has 3 heterocycles. The van der Waals surface area contributed by atoms with Crippen molar-refractivity contribution >= 4 is 42.8 Å². The van der Waals surface area contributed by atoms with Crippen molar-refractivity contribution in [1.29, 1.82) is 0 Å². The van der Waals surface area contributed by atoms with Gasteiger partial charge in [-0.2, -0.15) is 0 Å². The largest absolute Gasteiger partial charge is 0.367 e. The molecule has 0 amide bonds. The quantitative estimate of drug-likeness (QED) is 0.445. The van der Waals surface area contributed by atoms with Gasteiger partial charge in [-0.05, 0) is 49.7 Å². The summed E-state index contributed by atoms with van der Waals surface area (Å²) in [5, 5.41) is 0.847. The van der Waals surface area contributed by atoms with Gasteiger partial charge >= 0.3 is 0 Å². The standard InChI is InChI=1S/C24H32N4O2S2/c1-3-4-5-6-7-19-8-9-21(22(16-19)28-14-12-27(2)13-15-28)26-32(29,30)24-17-20-18-25-11-10-23(20)31-24/h8-11,16-18,26H,3-7,12-15H2,1-2H3. The number of thiophene rings is 1. The normalized spacial score (nSPS) is 15.4. The second-order valence-electron chi connectivity index (χ2n) is 8.54. The number of nitrogens with one attached hydrogen (secondary N) is 1. The van der Waals surface area contributed by atoms with Crippen molar-refractivity contribution in [2.45, 2.75) is 43.2 Å². The maximum atomic E-state index is 13.2. The molecule has 2 aromatic heterocycles. The van der Waals surface area contributed by atoms with Gasteiger partial charge in [-0.1, -0.05) is 32.3 Å². The minimum Gasteiger partial charge on any atom is -0.367 e. The topological polar surface area (TPSA) is 65.5 Å². The summed E-state index contributed by atoms with van der Waals surface area (Å²) in [4.78, 5) is 8.71. The molecule has 1 fully saturated rings. The lowest BCUT2D eigenvalue weighted by Gasteiger charge is -2.35. The van der Waals surface area contributed by atoms with Crippen LogP contribution in [0.4, 0.5) is 11.4 Å². The van der Waals surface area contributed by atoms with Gasteiger partial charge in [0.1, 0.15) is 4.21 Å². The minimum absolute atomic E-state index is 0.313. The van der Waals surface area contributed by atoms with Crippen molar-refractivity contribution in [2.75, 3.05) is 42.8 Å². The zero-order valence-corrected chi connectivity index (χ0v) is 20.5. The highest BCUT2D eigenvalue weighted by atomic mass is 32.2. The number of aryl methyl sites for hydroxylation is 1. The predicted octanol–water partition coefficient (Wildman–Crippen LogP) is 4.97. The first-order chi connectivity index (χ1) is 15.5. The molecule has 4 rings (SSSR count). The number of pyridine rings is 1. The van der Waals surface area contributed by atoms with Crippen LogP contribution in [0.25, 0.3) is 10.1 Å². The summed E-state index contributed by atoms with van der Waals surface area (Å²) >= 11 is 1.27. The first-order valence-corrected chi connectivity index (χ1v) is 13.7. The predicted molar refractivity (Wildman–Crippen MR) is 134 cm³/mol. The van der Waals surface area contributed by atoms with Gasteiger partial charge in [-0.15, -0.1) is 11.3 Å². The van der Waals surface area contributed by atoms with Gasteiger partial charge in [0.25, 0.3) is 10.0 Å². The van der Waals surface area contributed by atoms with Crippen LogP contribution in [0.15, 0.2) is 46.9 Å². The van der Waals surface area contributed by atoms with Crippen molar-refractivity contribution in [3.63, 3.8) is 0 Å². The molecule has 1 aliphatic heterocycles. The van der Waals surface area contributed by atoms with E-state index in [0.29, 0.717) is 9.90 Å². The molecule has 0 aliphatic carbocycles. The molecule has 172 valence electrons. The van der Waals surface area contributed by atoms with E-state index < -0.39 is 10.0 Å². The molecule has 1 aromatic carbocycles. The zero-order chi connectivity index (χ0) is 22.6. The van der Waals surface area contributed by atoms with Crippen molar-refractivity contribution in [2.24, 2.45) is 0 Å². The highest BCUT2D eigenvalue weighted by Crippen LogP contribution is 2.34. The van der Waals surface area contributed by atoms with E-state index in [1.807, 2.05) is 12.1 Å². The Balaban J connectivity index is 1.60. The molecule has 1 saturated heterocycles. The number of hydrogen-bond donors (Lipinski definition) is 1. The molecule has 0 saturated carbocycles. The van der Waals surface area contributed by atoms with Gasteiger partial charge in [0.2, 0.25) is 0 Å². The van der Waals surface area contributed by atoms with E-state index in [-0.39, 0.29) is 0 Å². The number of hydrogen-bond acceptors (Lipinski definition) is 6. The van der Waals surface area contributed by atoms with E-state index in [1.165, 1.54) is 36.2 Å². The summed E-state index contributed by atoms with van der Waals surface area (Å²) in [5.74, 6) is 0. The summed E-state index contributed by atoms with van der Waals surface area (Å²) < 4.78 is 30.6. The van der Waals surface area contributed by atoms with E-state index in [2.05, 4.69) is 45.6 Å². The summed E-state index contributed by atoms with van der Waals surface area (Å²) in [6, 6.07) is 9.74. The molecule has 8 heteroatoms. The zero-order valence-electron chi connectivity index (χ0n) is 18.9. The number of likely N-dealkylation sites (N-methyl/N-ethyl adjacent to an activating group) is 1. The fraction of sp³-hybridized carbons (Fsp3) is 0.458. The lowest BCUT2D eigenvalue weighted by Crippen LogP contribution is -2.44. The second-order valence-corrected chi connectivity index (χ2v) is 11.5. The molecule has 0 bridgehead atoms. The molecular weight excluding hydrogens is 440 g/mol. The molecule has 6 nitrogen and oxygen atoms in total. The van der Waals surface area contributed by atoms with Crippen molar-refractivity contribution < 1.29 is 8.42 Å². The van der Waals surface area contributed by atoms with Crippen molar-refractivity contribution in [1.82, 2.24) is 9.88 Å². The molecule has 0 unspecified atom stereocenters. The van der Waals surface area contributed by atoms with Gasteiger partial charge in [0.05, 0.1) is 11.4 Å². The van der Waals surface area contributed by atoms with Crippen LogP contribution < -0.4 is 9.62 Å². The molecular formula is C24H32N4O2S2. The summed E-state index contributed by atoms with van der Waals surface area (Å²) in [5.41, 5.74) is 2.91. The van der Waals surface area contributed by atoms with E-state index in [4.69, 9.17) is 0 Å². The molecule has 32 heavy (non-hydrogen) atoms. The first-order valence-electron chi connectivity index (χ1n) is 11.4. The van der Waals surface area contributed by atoms with Crippen molar-refractivity contribution in [3.8, 4) is 0 Å². The molecule has 3 aromatic rings. The maximum Gasteiger partial charge on any atom is 0.271 e. The third kappa shape index (κ3) is 5.42. The van der Waals surface area contributed by atoms with E-state index >= 15 is 0 Å². The fourth-order valence-corrected chi connectivity index (χ4v) is 6.51. The van der Waals surface area contributed by atoms with E-state index in [9.17, 15) is 8.42 Å². The summed E-state index contributed by atoms with van der Waals surface area (Å²) in [6.45, 7) is 5.93. The third-order valence-corrected chi connectivity index (χ3v) is 8.98. The summed E-state index contributed by atoms with van der Waals surface area (Å²) in [6.07, 6.45) is 9.29. The summed E-state index contributed by atoms with van der Waals surface area (Å²) in [7, 11) is -1.55. The number of sulfonamides is 1. The Morgan fingerprint density at radius 1 is 1.06 bits per heavy atom. The average Bonchev–Trinajstić information content (AvgIpc) is 3.24. The monoisotopic (exact) mass is 472 g/mol. The number of piperazine rings is 1. The number of aromatic nitrogens is 1. The fourth-order valence-electron chi connectivity index (χ4n) is 4.07. The van der Waals surface area contributed by atoms with Crippen LogP contribution in [-0.2, 0) is 16.4 Å². The number of fused-ring (bicyclic) bond motifs is 1. The Labute approximate surface area is 195 Å². The van der Waals surface area contributed by atoms with Crippen LogP contribution in [0, 0.1) is 0 Å². The van der Waals surface area contributed by atoms with Gasteiger partial charge < -0.3 is 9.80 Å². The third-order valence-electron chi connectivity index (χ3n) is 6.03. The smallest absolute Gasteiger partial charge is 0.271 e. The van der Waals surface area contributed by atoms with Crippen LogP contribution >= 0.6 is 11.3 Å². The number of unbranched alkanes of at least 4 members (excludes halogenated alkanes) is 3. The Hall–Kier alpha value is -2.16. The van der Waals surface area contributed by atoms with E-state index in [0.717, 1.165) is 54.8 Å². The van der Waals surface area contributed by atoms with Gasteiger partial charge in [0.15, 0.2) is 0 Å². The molecule has 0 atom stereocenters. The van der Waals surface area contributed by atoms with Gasteiger partial charge in [0, 0.05) is 48.7 Å². The van der Waals surface area contributed by atoms with Crippen LogP contribution in [0.1, 0.15) is 38.2 Å². The Morgan fingerprint density at radius 3 is 2.62 bits per heavy atom. The van der Waals surface area contributed by atoms with E-state index in [1.54, 1.807) is 18.5 Å². The number of rotatable bonds is 9. The second kappa shape index (κ2) is 10.2. The van der Waals surface area contributed by atoms with Crippen LogP contribution in [0.3, 0.4) is 0 Å². The highest BCUT2D eigenvalue weighted by molar-refractivity contribution is 7.94. The lowest BCUT2D eigenvalue weighted by atomic mass is 10.0. The number of anilines is 2. The lowest BCUT2D eigenvalue weighted by molar-refractivity contribution is 0.313. The molecule has 0 spiro atoms. The maximum absolute atomic E-state index is 13.2. The highest BCUT2D eigenvalue weighted by Gasteiger charge is 2.23. The van der Waals surface area contributed by atoms with Gasteiger partial charge in [-0.3, -0.25) is 9.71 Å². The SMILES string of the molecule is CCCCCCc1ccc(NS(=O)(=O)c2cc3cnccc3s2)c(N2CCN(C)CC2)c1. The number of benzene rings is 1. The van der Waals surface area contributed by atoms with Crippen molar-refractivity contribution in [3.05, 3.63) is 48.3 Å². The Bertz CT molecular complexity index is 1120. The Morgan fingerprint density at radius 2 is 1.88 bits per heavy atom. The first kappa shape index (κ1) is 23.0. The number of nitrogens with zero attached hydrogens (tertiary/aromatic N) is 3. The van der Waals surface area contributed by atoms with Gasteiger partial charge in [-0.25, -0.2) is 8.42 Å². The molecule has 1 aliphatic rings.